The maximum Gasteiger partial charge on any atom is 0.243 e. The van der Waals surface area contributed by atoms with E-state index in [1.807, 2.05) is 48.5 Å². The Morgan fingerprint density at radius 3 is 2.76 bits per heavy atom. The fraction of sp³-hybridized carbons (Fsp3) is 0.300. The van der Waals surface area contributed by atoms with Gasteiger partial charge in [-0.2, -0.15) is 0 Å². The normalized spacial score (nSPS) is 15.6. The highest BCUT2D eigenvalue weighted by molar-refractivity contribution is 6.02. The van der Waals surface area contributed by atoms with Gasteiger partial charge in [-0.3, -0.25) is 14.5 Å². The second kappa shape index (κ2) is 7.38. The number of carbonyl (C=O) groups excluding carboxylic acids is 2. The van der Waals surface area contributed by atoms with Crippen molar-refractivity contribution in [3.8, 4) is 5.75 Å². The SMILES string of the molecule is COc1cccc(CCNC(=O)C2Cc3ccccc3N2C(C)=O)c1. The fourth-order valence-electron chi connectivity index (χ4n) is 3.26. The molecule has 0 saturated carbocycles. The zero-order chi connectivity index (χ0) is 17.8. The van der Waals surface area contributed by atoms with Gasteiger partial charge in [-0.25, -0.2) is 0 Å². The van der Waals surface area contributed by atoms with E-state index in [2.05, 4.69) is 5.32 Å². The highest BCUT2D eigenvalue weighted by Crippen LogP contribution is 2.32. The average molecular weight is 338 g/mol. The van der Waals surface area contributed by atoms with Crippen LogP contribution >= 0.6 is 0 Å². The lowest BCUT2D eigenvalue weighted by atomic mass is 10.1. The van der Waals surface area contributed by atoms with Gasteiger partial charge in [0, 0.05) is 25.6 Å². The quantitative estimate of drug-likeness (QED) is 0.910. The third kappa shape index (κ3) is 3.65. The van der Waals surface area contributed by atoms with Crippen LogP contribution in [0.25, 0.3) is 0 Å². The number of nitrogens with zero attached hydrogens (tertiary/aromatic N) is 1. The molecule has 0 radical (unpaired) electrons. The first-order valence-corrected chi connectivity index (χ1v) is 8.38. The summed E-state index contributed by atoms with van der Waals surface area (Å²) in [4.78, 5) is 26.2. The summed E-state index contributed by atoms with van der Waals surface area (Å²) in [7, 11) is 1.63. The zero-order valence-corrected chi connectivity index (χ0v) is 14.5. The van der Waals surface area contributed by atoms with Crippen LogP contribution in [0.2, 0.25) is 0 Å². The molecule has 1 atom stereocenters. The Hall–Kier alpha value is -2.82. The number of para-hydroxylation sites is 1. The van der Waals surface area contributed by atoms with Crippen molar-refractivity contribution >= 4 is 17.5 Å². The van der Waals surface area contributed by atoms with Gasteiger partial charge in [-0.15, -0.1) is 0 Å². The number of methoxy groups -OCH3 is 1. The molecule has 1 N–H and O–H groups in total. The summed E-state index contributed by atoms with van der Waals surface area (Å²) in [6.07, 6.45) is 1.27. The van der Waals surface area contributed by atoms with E-state index in [9.17, 15) is 9.59 Å². The topological polar surface area (TPSA) is 58.6 Å². The molecule has 1 unspecified atom stereocenters. The largest absolute Gasteiger partial charge is 0.497 e. The highest BCUT2D eigenvalue weighted by Gasteiger charge is 2.36. The Bertz CT molecular complexity index is 788. The molecule has 2 amide bonds. The van der Waals surface area contributed by atoms with Crippen molar-refractivity contribution in [1.29, 1.82) is 0 Å². The van der Waals surface area contributed by atoms with Crippen LogP contribution in [0.4, 0.5) is 5.69 Å². The molecule has 0 aromatic heterocycles. The summed E-state index contributed by atoms with van der Waals surface area (Å²) in [5.74, 6) is 0.574. The summed E-state index contributed by atoms with van der Waals surface area (Å²) in [5.41, 5.74) is 2.96. The minimum absolute atomic E-state index is 0.113. The first-order chi connectivity index (χ1) is 12.1. The molecule has 3 rings (SSSR count). The van der Waals surface area contributed by atoms with Gasteiger partial charge >= 0.3 is 0 Å². The summed E-state index contributed by atoms with van der Waals surface area (Å²) >= 11 is 0. The molecule has 1 heterocycles. The first-order valence-electron chi connectivity index (χ1n) is 8.38. The van der Waals surface area contributed by atoms with Crippen LogP contribution in [0.3, 0.4) is 0 Å². The minimum atomic E-state index is -0.472. The van der Waals surface area contributed by atoms with Crippen molar-refractivity contribution in [2.45, 2.75) is 25.8 Å². The molecule has 2 aromatic rings. The van der Waals surface area contributed by atoms with Gasteiger partial charge in [0.2, 0.25) is 11.8 Å². The fourth-order valence-corrected chi connectivity index (χ4v) is 3.26. The number of amides is 2. The molecule has 1 aliphatic heterocycles. The van der Waals surface area contributed by atoms with E-state index < -0.39 is 6.04 Å². The standard InChI is InChI=1S/C20H22N2O3/c1-14(23)22-18-9-4-3-7-16(18)13-19(22)20(24)21-11-10-15-6-5-8-17(12-15)25-2/h3-9,12,19H,10-11,13H2,1-2H3,(H,21,24). The Kier molecular flexibility index (Phi) is 5.03. The first kappa shape index (κ1) is 17.0. The minimum Gasteiger partial charge on any atom is -0.497 e. The summed E-state index contributed by atoms with van der Waals surface area (Å²) in [6, 6.07) is 15.0. The number of rotatable bonds is 5. The van der Waals surface area contributed by atoms with Crippen molar-refractivity contribution in [1.82, 2.24) is 5.32 Å². The third-order valence-electron chi connectivity index (χ3n) is 4.47. The Morgan fingerprint density at radius 1 is 1.20 bits per heavy atom. The lowest BCUT2D eigenvalue weighted by Crippen LogP contribution is -2.47. The number of hydrogen-bond acceptors (Lipinski definition) is 3. The number of ether oxygens (including phenoxy) is 1. The Labute approximate surface area is 147 Å². The molecule has 0 spiro atoms. The smallest absolute Gasteiger partial charge is 0.243 e. The molecule has 0 fully saturated rings. The van der Waals surface area contributed by atoms with Crippen molar-refractivity contribution in [2.24, 2.45) is 0 Å². The third-order valence-corrected chi connectivity index (χ3v) is 4.47. The van der Waals surface area contributed by atoms with Gasteiger partial charge in [0.25, 0.3) is 0 Å². The average Bonchev–Trinajstić information content (AvgIpc) is 3.01. The molecular formula is C20H22N2O3. The van der Waals surface area contributed by atoms with Gasteiger partial charge in [0.05, 0.1) is 7.11 Å². The van der Waals surface area contributed by atoms with Crippen molar-refractivity contribution in [3.63, 3.8) is 0 Å². The number of anilines is 1. The van der Waals surface area contributed by atoms with Crippen LogP contribution in [-0.2, 0) is 22.4 Å². The lowest BCUT2D eigenvalue weighted by Gasteiger charge is -2.23. The molecule has 5 nitrogen and oxygen atoms in total. The van der Waals surface area contributed by atoms with E-state index in [-0.39, 0.29) is 11.8 Å². The predicted molar refractivity (Wildman–Crippen MR) is 96.8 cm³/mol. The maximum atomic E-state index is 12.6. The van der Waals surface area contributed by atoms with Gasteiger partial charge in [-0.05, 0) is 35.7 Å². The van der Waals surface area contributed by atoms with Gasteiger partial charge in [0.1, 0.15) is 11.8 Å². The van der Waals surface area contributed by atoms with Crippen LogP contribution in [0.15, 0.2) is 48.5 Å². The van der Waals surface area contributed by atoms with E-state index in [0.29, 0.717) is 19.4 Å². The Morgan fingerprint density at radius 2 is 2.00 bits per heavy atom. The number of hydrogen-bond donors (Lipinski definition) is 1. The molecular weight excluding hydrogens is 316 g/mol. The Balaban J connectivity index is 1.62. The number of fused-ring (bicyclic) bond motifs is 1. The monoisotopic (exact) mass is 338 g/mol. The zero-order valence-electron chi connectivity index (χ0n) is 14.5. The van der Waals surface area contributed by atoms with Crippen LogP contribution in [0.1, 0.15) is 18.1 Å². The van der Waals surface area contributed by atoms with Gasteiger partial charge in [0.15, 0.2) is 0 Å². The van der Waals surface area contributed by atoms with Gasteiger partial charge < -0.3 is 10.1 Å². The predicted octanol–water partition coefficient (Wildman–Crippen LogP) is 2.33. The van der Waals surface area contributed by atoms with Crippen LogP contribution in [0, 0.1) is 0 Å². The van der Waals surface area contributed by atoms with E-state index in [1.54, 1.807) is 12.0 Å². The highest BCUT2D eigenvalue weighted by atomic mass is 16.5. The van der Waals surface area contributed by atoms with E-state index >= 15 is 0 Å². The van der Waals surface area contributed by atoms with Crippen molar-refractivity contribution < 1.29 is 14.3 Å². The number of nitrogens with one attached hydrogen (secondary N) is 1. The lowest BCUT2D eigenvalue weighted by molar-refractivity contribution is -0.125. The number of carbonyl (C=O) groups is 2. The van der Waals surface area contributed by atoms with E-state index in [4.69, 9.17) is 4.74 Å². The second-order valence-corrected chi connectivity index (χ2v) is 6.13. The maximum absolute atomic E-state index is 12.6. The molecule has 2 aromatic carbocycles. The molecule has 0 saturated heterocycles. The number of benzene rings is 2. The van der Waals surface area contributed by atoms with Gasteiger partial charge in [-0.1, -0.05) is 30.3 Å². The molecule has 5 heteroatoms. The van der Waals surface area contributed by atoms with Crippen LogP contribution in [0.5, 0.6) is 5.75 Å². The molecule has 25 heavy (non-hydrogen) atoms. The van der Waals surface area contributed by atoms with Crippen LogP contribution in [-0.4, -0.2) is 31.5 Å². The second-order valence-electron chi connectivity index (χ2n) is 6.13. The summed E-state index contributed by atoms with van der Waals surface area (Å²) < 4.78 is 5.21. The molecule has 1 aliphatic rings. The molecule has 0 bridgehead atoms. The van der Waals surface area contributed by atoms with Crippen LogP contribution < -0.4 is 15.0 Å². The molecule has 0 aliphatic carbocycles. The summed E-state index contributed by atoms with van der Waals surface area (Å²) in [6.45, 7) is 2.02. The van der Waals surface area contributed by atoms with Crippen molar-refractivity contribution in [2.75, 3.05) is 18.6 Å². The molecule has 130 valence electrons. The summed E-state index contributed by atoms with van der Waals surface area (Å²) in [5, 5.41) is 2.96. The van der Waals surface area contributed by atoms with E-state index in [0.717, 1.165) is 22.6 Å². The van der Waals surface area contributed by atoms with E-state index in [1.165, 1.54) is 6.92 Å². The van der Waals surface area contributed by atoms with Crippen molar-refractivity contribution in [3.05, 3.63) is 59.7 Å².